The van der Waals surface area contributed by atoms with Gasteiger partial charge in [-0.25, -0.2) is 0 Å². The van der Waals surface area contributed by atoms with Gasteiger partial charge in [0, 0.05) is 5.92 Å². The van der Waals surface area contributed by atoms with Crippen LogP contribution in [-0.4, -0.2) is 11.2 Å². The summed E-state index contributed by atoms with van der Waals surface area (Å²) >= 11 is 0. The van der Waals surface area contributed by atoms with Crippen molar-refractivity contribution in [1.82, 2.24) is 0 Å². The van der Waals surface area contributed by atoms with Gasteiger partial charge in [0.15, 0.2) is 0 Å². The SMILES string of the molecule is CC(C)C(C)CC[C@@H](C)[C@H]1CC[C@H]2[C@@H]3CC=C4[C@H](C)[C@@H](O)CC[C@]4(C)[C@H]3CC[C@]12C. The van der Waals surface area contributed by atoms with Gasteiger partial charge in [-0.3, -0.25) is 0 Å². The minimum atomic E-state index is -0.111. The van der Waals surface area contributed by atoms with Gasteiger partial charge in [-0.1, -0.05) is 73.0 Å². The predicted octanol–water partition coefficient (Wildman–Crippen LogP) is 7.88. The molecule has 0 aromatic rings. The summed E-state index contributed by atoms with van der Waals surface area (Å²) in [7, 11) is 0. The maximum absolute atomic E-state index is 10.5. The third-order valence-corrected chi connectivity index (χ3v) is 11.5. The summed E-state index contributed by atoms with van der Waals surface area (Å²) in [5.74, 6) is 6.56. The van der Waals surface area contributed by atoms with Crippen molar-refractivity contribution >= 4 is 0 Å². The van der Waals surface area contributed by atoms with Crippen molar-refractivity contribution in [3.05, 3.63) is 11.6 Å². The van der Waals surface area contributed by atoms with Crippen LogP contribution in [0.15, 0.2) is 11.6 Å². The Kier molecular flexibility index (Phi) is 6.28. The van der Waals surface area contributed by atoms with E-state index in [2.05, 4.69) is 54.5 Å². The molecule has 0 amide bonds. The predicted molar refractivity (Wildman–Crippen MR) is 128 cm³/mol. The first-order chi connectivity index (χ1) is 14.1. The Bertz CT molecular complexity index is 649. The molecule has 0 aliphatic heterocycles. The summed E-state index contributed by atoms with van der Waals surface area (Å²) in [6.45, 7) is 17.4. The van der Waals surface area contributed by atoms with E-state index >= 15 is 0 Å². The van der Waals surface area contributed by atoms with Gasteiger partial charge in [-0.05, 0) is 97.2 Å². The number of hydrogen-bond donors (Lipinski definition) is 1. The minimum absolute atomic E-state index is 0.111. The van der Waals surface area contributed by atoms with Crippen molar-refractivity contribution in [2.45, 2.75) is 112 Å². The van der Waals surface area contributed by atoms with Crippen LogP contribution in [0, 0.1) is 58.2 Å². The van der Waals surface area contributed by atoms with Crippen molar-refractivity contribution in [1.29, 1.82) is 0 Å². The fourth-order valence-electron chi connectivity index (χ4n) is 9.09. The molecule has 3 saturated carbocycles. The fourth-order valence-corrected chi connectivity index (χ4v) is 9.09. The van der Waals surface area contributed by atoms with Crippen molar-refractivity contribution in [3.8, 4) is 0 Å². The van der Waals surface area contributed by atoms with Gasteiger partial charge in [0.05, 0.1) is 6.10 Å². The summed E-state index contributed by atoms with van der Waals surface area (Å²) in [5.41, 5.74) is 2.55. The molecule has 0 saturated heterocycles. The highest BCUT2D eigenvalue weighted by molar-refractivity contribution is 5.27. The molecule has 1 N–H and O–H groups in total. The van der Waals surface area contributed by atoms with Crippen molar-refractivity contribution in [2.75, 3.05) is 0 Å². The molecule has 10 atom stereocenters. The highest BCUT2D eigenvalue weighted by Gasteiger charge is 2.59. The lowest BCUT2D eigenvalue weighted by atomic mass is 9.46. The Labute approximate surface area is 187 Å². The molecule has 0 heterocycles. The number of rotatable bonds is 5. The van der Waals surface area contributed by atoms with Crippen LogP contribution in [0.4, 0.5) is 0 Å². The lowest BCUT2D eigenvalue weighted by Gasteiger charge is -2.59. The first-order valence-corrected chi connectivity index (χ1v) is 13.5. The molecule has 1 heteroatoms. The van der Waals surface area contributed by atoms with Gasteiger partial charge in [0.2, 0.25) is 0 Å². The molecule has 172 valence electrons. The summed E-state index contributed by atoms with van der Waals surface area (Å²) in [6.07, 6.45) is 14.7. The van der Waals surface area contributed by atoms with Gasteiger partial charge < -0.3 is 5.11 Å². The second-order valence-corrected chi connectivity index (χ2v) is 13.1. The molecule has 4 aliphatic carbocycles. The summed E-state index contributed by atoms with van der Waals surface area (Å²) in [6, 6.07) is 0. The molecule has 0 radical (unpaired) electrons. The second kappa shape index (κ2) is 8.24. The first kappa shape index (κ1) is 22.9. The zero-order chi connectivity index (χ0) is 21.8. The second-order valence-electron chi connectivity index (χ2n) is 13.1. The van der Waals surface area contributed by atoms with Crippen LogP contribution in [0.3, 0.4) is 0 Å². The van der Waals surface area contributed by atoms with Crippen molar-refractivity contribution < 1.29 is 5.11 Å². The fraction of sp³-hybridized carbons (Fsp3) is 0.931. The standard InChI is InChI=1S/C29H50O/c1-18(2)19(3)8-9-20(4)23-12-13-25-22-10-11-24-21(5)27(30)15-17-29(24,7)26(22)14-16-28(23,25)6/h11,18-23,25-27,30H,8-10,12-17H2,1-7H3/t19?,20-,21+,22+,23-,25+,26+,27+,28-,29+/m1/s1. The number of fused-ring (bicyclic) bond motifs is 5. The molecule has 0 bridgehead atoms. The Balaban J connectivity index is 1.51. The van der Waals surface area contributed by atoms with E-state index in [4.69, 9.17) is 0 Å². The van der Waals surface area contributed by atoms with E-state index in [9.17, 15) is 5.11 Å². The van der Waals surface area contributed by atoms with Crippen LogP contribution in [-0.2, 0) is 0 Å². The number of aliphatic hydroxyl groups excluding tert-OH is 1. The molecular weight excluding hydrogens is 364 g/mol. The third kappa shape index (κ3) is 3.54. The van der Waals surface area contributed by atoms with Crippen LogP contribution >= 0.6 is 0 Å². The molecule has 1 unspecified atom stereocenters. The lowest BCUT2D eigenvalue weighted by Crippen LogP contribution is -2.52. The Morgan fingerprint density at radius 3 is 2.40 bits per heavy atom. The molecule has 4 aliphatic rings. The van der Waals surface area contributed by atoms with E-state index in [0.29, 0.717) is 16.7 Å². The average molecular weight is 415 g/mol. The number of aliphatic hydroxyl groups is 1. The number of hydrogen-bond acceptors (Lipinski definition) is 1. The first-order valence-electron chi connectivity index (χ1n) is 13.5. The molecule has 0 aromatic carbocycles. The smallest absolute Gasteiger partial charge is 0.0603 e. The summed E-state index contributed by atoms with van der Waals surface area (Å²) in [4.78, 5) is 0. The van der Waals surface area contributed by atoms with Crippen LogP contribution < -0.4 is 0 Å². The largest absolute Gasteiger partial charge is 0.393 e. The molecule has 1 nitrogen and oxygen atoms in total. The highest BCUT2D eigenvalue weighted by Crippen LogP contribution is 2.67. The number of allylic oxidation sites excluding steroid dienone is 1. The van der Waals surface area contributed by atoms with Gasteiger partial charge in [-0.15, -0.1) is 0 Å². The molecular formula is C29H50O. The van der Waals surface area contributed by atoms with E-state index in [-0.39, 0.29) is 6.10 Å². The monoisotopic (exact) mass is 414 g/mol. The van der Waals surface area contributed by atoms with E-state index in [1.54, 1.807) is 5.57 Å². The Hall–Kier alpha value is -0.300. The van der Waals surface area contributed by atoms with Crippen molar-refractivity contribution in [2.24, 2.45) is 58.2 Å². The molecule has 0 aromatic heterocycles. The zero-order valence-corrected chi connectivity index (χ0v) is 21.1. The molecule has 30 heavy (non-hydrogen) atoms. The topological polar surface area (TPSA) is 20.2 Å². The lowest BCUT2D eigenvalue weighted by molar-refractivity contribution is -0.0646. The molecule has 3 fully saturated rings. The van der Waals surface area contributed by atoms with Crippen molar-refractivity contribution in [3.63, 3.8) is 0 Å². The molecule has 4 rings (SSSR count). The minimum Gasteiger partial charge on any atom is -0.393 e. The van der Waals surface area contributed by atoms with Crippen LogP contribution in [0.2, 0.25) is 0 Å². The van der Waals surface area contributed by atoms with Gasteiger partial charge >= 0.3 is 0 Å². The zero-order valence-electron chi connectivity index (χ0n) is 21.1. The van der Waals surface area contributed by atoms with Gasteiger partial charge in [0.1, 0.15) is 0 Å². The van der Waals surface area contributed by atoms with Crippen LogP contribution in [0.1, 0.15) is 106 Å². The van der Waals surface area contributed by atoms with Gasteiger partial charge in [-0.2, -0.15) is 0 Å². The van der Waals surface area contributed by atoms with E-state index in [1.807, 2.05) is 0 Å². The third-order valence-electron chi connectivity index (χ3n) is 11.5. The van der Waals surface area contributed by atoms with E-state index < -0.39 is 0 Å². The van der Waals surface area contributed by atoms with E-state index in [1.165, 1.54) is 51.4 Å². The van der Waals surface area contributed by atoms with Crippen LogP contribution in [0.5, 0.6) is 0 Å². The average Bonchev–Trinajstić information content (AvgIpc) is 3.06. The van der Waals surface area contributed by atoms with Crippen LogP contribution in [0.25, 0.3) is 0 Å². The van der Waals surface area contributed by atoms with Gasteiger partial charge in [0.25, 0.3) is 0 Å². The maximum Gasteiger partial charge on any atom is 0.0603 e. The quantitative estimate of drug-likeness (QED) is 0.454. The Morgan fingerprint density at radius 2 is 1.70 bits per heavy atom. The summed E-state index contributed by atoms with van der Waals surface area (Å²) < 4.78 is 0. The normalized spacial score (nSPS) is 47.8. The Morgan fingerprint density at radius 1 is 0.967 bits per heavy atom. The maximum atomic E-state index is 10.5. The highest BCUT2D eigenvalue weighted by atomic mass is 16.3. The van der Waals surface area contributed by atoms with E-state index in [0.717, 1.165) is 47.8 Å². The molecule has 0 spiro atoms. The summed E-state index contributed by atoms with van der Waals surface area (Å²) in [5, 5.41) is 10.5.